The van der Waals surface area contributed by atoms with Crippen LogP contribution in [0, 0.1) is 0 Å². The minimum Gasteiger partial charge on any atom is -0.497 e. The maximum absolute atomic E-state index is 5.73. The van der Waals surface area contributed by atoms with Crippen LogP contribution in [-0.4, -0.2) is 27.4 Å². The summed E-state index contributed by atoms with van der Waals surface area (Å²) in [5, 5.41) is 3.53. The molecule has 4 heteroatoms. The van der Waals surface area contributed by atoms with Crippen molar-refractivity contribution >= 4 is 0 Å². The van der Waals surface area contributed by atoms with E-state index in [-0.39, 0.29) is 0 Å². The summed E-state index contributed by atoms with van der Waals surface area (Å²) in [6.07, 6.45) is 1.02. The van der Waals surface area contributed by atoms with Crippen LogP contribution in [0.15, 0.2) is 48.5 Å². The lowest BCUT2D eigenvalue weighted by atomic mass is 10.0. The summed E-state index contributed by atoms with van der Waals surface area (Å²) in [5.41, 5.74) is 1.26. The van der Waals surface area contributed by atoms with Crippen molar-refractivity contribution in [1.82, 2.24) is 5.32 Å². The van der Waals surface area contributed by atoms with Gasteiger partial charge < -0.3 is 19.5 Å². The van der Waals surface area contributed by atoms with E-state index in [1.807, 2.05) is 36.4 Å². The third-order valence-electron chi connectivity index (χ3n) is 3.75. The highest BCUT2D eigenvalue weighted by Crippen LogP contribution is 2.20. The number of rotatable bonds is 9. The number of methoxy groups -OCH3 is 2. The van der Waals surface area contributed by atoms with Gasteiger partial charge in [-0.2, -0.15) is 0 Å². The molecule has 2 aromatic carbocycles. The third-order valence-corrected chi connectivity index (χ3v) is 3.75. The molecule has 0 saturated carbocycles. The molecule has 0 heterocycles. The molecule has 0 amide bonds. The standard InChI is InChI=1S/C19H25NO3/c1-4-19(15-5-7-16(21-2)8-6-15)20-13-14-23-18-11-9-17(22-3)10-12-18/h5-12,19-20H,4,13-14H2,1-3H3. The molecule has 0 aliphatic heterocycles. The van der Waals surface area contributed by atoms with E-state index in [1.165, 1.54) is 5.56 Å². The molecule has 0 aliphatic rings. The van der Waals surface area contributed by atoms with Gasteiger partial charge in [-0.15, -0.1) is 0 Å². The summed E-state index contributed by atoms with van der Waals surface area (Å²) in [6, 6.07) is 16.1. The highest BCUT2D eigenvalue weighted by molar-refractivity contribution is 5.31. The van der Waals surface area contributed by atoms with Crippen LogP contribution in [0.1, 0.15) is 24.9 Å². The second-order valence-electron chi connectivity index (χ2n) is 5.21. The minimum atomic E-state index is 0.320. The second-order valence-corrected chi connectivity index (χ2v) is 5.21. The van der Waals surface area contributed by atoms with E-state index in [4.69, 9.17) is 14.2 Å². The second kappa shape index (κ2) is 9.06. The Labute approximate surface area is 138 Å². The molecule has 1 unspecified atom stereocenters. The van der Waals surface area contributed by atoms with Crippen molar-refractivity contribution in [3.8, 4) is 17.2 Å². The normalized spacial score (nSPS) is 11.8. The average Bonchev–Trinajstić information content (AvgIpc) is 2.62. The van der Waals surface area contributed by atoms with Crippen molar-refractivity contribution < 1.29 is 14.2 Å². The zero-order valence-electron chi connectivity index (χ0n) is 14.0. The van der Waals surface area contributed by atoms with Crippen LogP contribution in [-0.2, 0) is 0 Å². The Balaban J connectivity index is 1.78. The molecule has 1 atom stereocenters. The van der Waals surface area contributed by atoms with Crippen LogP contribution >= 0.6 is 0 Å². The molecule has 0 bridgehead atoms. The number of ether oxygens (including phenoxy) is 3. The molecule has 0 saturated heterocycles. The van der Waals surface area contributed by atoms with Crippen LogP contribution in [0.2, 0.25) is 0 Å². The maximum Gasteiger partial charge on any atom is 0.119 e. The van der Waals surface area contributed by atoms with Gasteiger partial charge in [0.25, 0.3) is 0 Å². The lowest BCUT2D eigenvalue weighted by molar-refractivity contribution is 0.303. The molecular formula is C19H25NO3. The fourth-order valence-electron chi connectivity index (χ4n) is 2.41. The Hall–Kier alpha value is -2.20. The molecule has 124 valence electrons. The first-order chi connectivity index (χ1) is 11.3. The molecule has 0 radical (unpaired) electrons. The van der Waals surface area contributed by atoms with Crippen molar-refractivity contribution in [2.75, 3.05) is 27.4 Å². The summed E-state index contributed by atoms with van der Waals surface area (Å²) in [6.45, 7) is 3.59. The van der Waals surface area contributed by atoms with Gasteiger partial charge in [-0.05, 0) is 48.4 Å². The number of benzene rings is 2. The molecule has 0 aromatic heterocycles. The lowest BCUT2D eigenvalue weighted by Crippen LogP contribution is -2.25. The van der Waals surface area contributed by atoms with Gasteiger partial charge in [0.1, 0.15) is 23.9 Å². The maximum atomic E-state index is 5.73. The number of nitrogens with one attached hydrogen (secondary N) is 1. The molecule has 1 N–H and O–H groups in total. The van der Waals surface area contributed by atoms with E-state index < -0.39 is 0 Å². The van der Waals surface area contributed by atoms with E-state index >= 15 is 0 Å². The average molecular weight is 315 g/mol. The quantitative estimate of drug-likeness (QED) is 0.714. The first-order valence-corrected chi connectivity index (χ1v) is 7.91. The smallest absolute Gasteiger partial charge is 0.119 e. The van der Waals surface area contributed by atoms with Gasteiger partial charge in [-0.1, -0.05) is 19.1 Å². The van der Waals surface area contributed by atoms with Crippen molar-refractivity contribution in [3.63, 3.8) is 0 Å². The van der Waals surface area contributed by atoms with Crippen LogP contribution in [0.4, 0.5) is 0 Å². The summed E-state index contributed by atoms with van der Waals surface area (Å²) in [4.78, 5) is 0. The highest BCUT2D eigenvalue weighted by atomic mass is 16.5. The summed E-state index contributed by atoms with van der Waals surface area (Å²) in [5.74, 6) is 2.57. The Kier molecular flexibility index (Phi) is 6.76. The first-order valence-electron chi connectivity index (χ1n) is 7.91. The Bertz CT molecular complexity index is 566. The highest BCUT2D eigenvalue weighted by Gasteiger charge is 2.08. The van der Waals surface area contributed by atoms with Crippen LogP contribution in [0.25, 0.3) is 0 Å². The van der Waals surface area contributed by atoms with Gasteiger partial charge >= 0.3 is 0 Å². The molecule has 4 nitrogen and oxygen atoms in total. The van der Waals surface area contributed by atoms with Crippen molar-refractivity contribution in [3.05, 3.63) is 54.1 Å². The molecule has 2 rings (SSSR count). The van der Waals surface area contributed by atoms with E-state index in [0.29, 0.717) is 12.6 Å². The van der Waals surface area contributed by atoms with Gasteiger partial charge in [0.2, 0.25) is 0 Å². The molecule has 2 aromatic rings. The van der Waals surface area contributed by atoms with Crippen molar-refractivity contribution in [2.45, 2.75) is 19.4 Å². The monoisotopic (exact) mass is 315 g/mol. The third kappa shape index (κ3) is 5.18. The molecule has 23 heavy (non-hydrogen) atoms. The van der Waals surface area contributed by atoms with Gasteiger partial charge in [0.05, 0.1) is 14.2 Å². The SMILES string of the molecule is CCC(NCCOc1ccc(OC)cc1)c1ccc(OC)cc1. The molecule has 0 fully saturated rings. The van der Waals surface area contributed by atoms with Crippen LogP contribution < -0.4 is 19.5 Å². The van der Waals surface area contributed by atoms with Crippen molar-refractivity contribution in [2.24, 2.45) is 0 Å². The first kappa shape index (κ1) is 17.2. The molecule has 0 spiro atoms. The van der Waals surface area contributed by atoms with E-state index in [9.17, 15) is 0 Å². The van der Waals surface area contributed by atoms with Gasteiger partial charge in [0, 0.05) is 12.6 Å². The Morgan fingerprint density at radius 3 is 1.87 bits per heavy atom. The Morgan fingerprint density at radius 1 is 0.826 bits per heavy atom. The van der Waals surface area contributed by atoms with Crippen molar-refractivity contribution in [1.29, 1.82) is 0 Å². The van der Waals surface area contributed by atoms with Gasteiger partial charge in [-0.25, -0.2) is 0 Å². The van der Waals surface area contributed by atoms with E-state index in [0.717, 1.165) is 30.2 Å². The number of hydrogen-bond acceptors (Lipinski definition) is 4. The zero-order valence-corrected chi connectivity index (χ0v) is 14.0. The largest absolute Gasteiger partial charge is 0.497 e. The van der Waals surface area contributed by atoms with E-state index in [2.05, 4.69) is 24.4 Å². The fourth-order valence-corrected chi connectivity index (χ4v) is 2.41. The number of hydrogen-bond donors (Lipinski definition) is 1. The van der Waals surface area contributed by atoms with Gasteiger partial charge in [0.15, 0.2) is 0 Å². The van der Waals surface area contributed by atoms with Crippen LogP contribution in [0.5, 0.6) is 17.2 Å². The fraction of sp³-hybridized carbons (Fsp3) is 0.368. The lowest BCUT2D eigenvalue weighted by Gasteiger charge is -2.18. The Morgan fingerprint density at radius 2 is 1.35 bits per heavy atom. The summed E-state index contributed by atoms with van der Waals surface area (Å²) in [7, 11) is 3.34. The molecule has 0 aliphatic carbocycles. The molecular weight excluding hydrogens is 290 g/mol. The topological polar surface area (TPSA) is 39.7 Å². The predicted octanol–water partition coefficient (Wildman–Crippen LogP) is 3.82. The summed E-state index contributed by atoms with van der Waals surface area (Å²) < 4.78 is 16.1. The van der Waals surface area contributed by atoms with Gasteiger partial charge in [-0.3, -0.25) is 0 Å². The zero-order chi connectivity index (χ0) is 16.5. The minimum absolute atomic E-state index is 0.320. The predicted molar refractivity (Wildman–Crippen MR) is 92.5 cm³/mol. The van der Waals surface area contributed by atoms with Crippen LogP contribution in [0.3, 0.4) is 0 Å². The van der Waals surface area contributed by atoms with E-state index in [1.54, 1.807) is 14.2 Å². The summed E-state index contributed by atoms with van der Waals surface area (Å²) >= 11 is 0.